The molecule has 0 saturated carbocycles. The molecule has 0 fully saturated rings. The van der Waals surface area contributed by atoms with Crippen LogP contribution >= 0.6 is 11.6 Å². The highest BCUT2D eigenvalue weighted by atomic mass is 35.5. The van der Waals surface area contributed by atoms with Gasteiger partial charge in [0.25, 0.3) is 0 Å². The van der Waals surface area contributed by atoms with E-state index in [0.29, 0.717) is 0 Å². The van der Waals surface area contributed by atoms with E-state index in [1.807, 2.05) is 0 Å². The molecule has 0 aliphatic heterocycles. The highest BCUT2D eigenvalue weighted by Gasteiger charge is 2.35. The van der Waals surface area contributed by atoms with Crippen molar-refractivity contribution in [2.24, 2.45) is 0 Å². The van der Waals surface area contributed by atoms with Crippen molar-refractivity contribution >= 4 is 33.1 Å². The molecule has 1 aliphatic carbocycles. The molecule has 0 aromatic heterocycles. The molecule has 0 spiro atoms. The standard InChI is InChI=1S/C35H36.C6H10.C5H12.CH3Cl/c1-25-19-20-26-14-9-11-17-30(26)32(25)34(2,3)23-13-7-6-8-16-29-24-28-22-21-27-15-10-12-18-31(27)33(28)35(29,4)5;1-3-5-6-4-2;1-3-5-4-2;1-2/h6-22H,23-24H2,1-5H3;1H,4-6H2,2H3;3-5H2,1-2H3;1H3/b8-6+,13-7+,29-16+;;;. The molecule has 0 atom stereocenters. The lowest BCUT2D eigenvalue weighted by Gasteiger charge is -2.27. The maximum atomic E-state index is 4.96. The zero-order chi connectivity index (χ0) is 35.6. The zero-order valence-corrected chi connectivity index (χ0v) is 32.2. The van der Waals surface area contributed by atoms with Crippen LogP contribution in [0.1, 0.15) is 116 Å². The minimum Gasteiger partial charge on any atom is -0.130 e. The van der Waals surface area contributed by atoms with Gasteiger partial charge in [-0.25, -0.2) is 0 Å². The average Bonchev–Trinajstić information content (AvgIpc) is 3.36. The van der Waals surface area contributed by atoms with Crippen LogP contribution in [0, 0.1) is 19.3 Å². The second kappa shape index (κ2) is 20.8. The molecule has 0 bridgehead atoms. The maximum Gasteiger partial charge on any atom is 0.0120 e. The third-order valence-electron chi connectivity index (χ3n) is 9.30. The molecule has 0 heterocycles. The van der Waals surface area contributed by atoms with Gasteiger partial charge in [0.15, 0.2) is 0 Å². The summed E-state index contributed by atoms with van der Waals surface area (Å²) in [4.78, 5) is 0. The maximum absolute atomic E-state index is 4.96. The molecule has 1 heteroatoms. The normalized spacial score (nSPS) is 14.1. The Labute approximate surface area is 299 Å². The summed E-state index contributed by atoms with van der Waals surface area (Å²) in [5.41, 5.74) is 7.42. The Morgan fingerprint density at radius 3 is 1.94 bits per heavy atom. The number of unbranched alkanes of at least 4 members (excludes halogenated alkanes) is 4. The number of rotatable bonds is 9. The smallest absolute Gasteiger partial charge is 0.0120 e. The third-order valence-corrected chi connectivity index (χ3v) is 9.30. The van der Waals surface area contributed by atoms with Gasteiger partial charge < -0.3 is 0 Å². The van der Waals surface area contributed by atoms with E-state index < -0.39 is 0 Å². The van der Waals surface area contributed by atoms with Crippen molar-refractivity contribution < 1.29 is 0 Å². The molecule has 0 saturated heterocycles. The van der Waals surface area contributed by atoms with Crippen LogP contribution in [0.3, 0.4) is 0 Å². The van der Waals surface area contributed by atoms with Gasteiger partial charge >= 0.3 is 0 Å². The number of hydrogen-bond donors (Lipinski definition) is 0. The molecule has 5 rings (SSSR count). The molecule has 0 N–H and O–H groups in total. The Morgan fingerprint density at radius 1 is 0.771 bits per heavy atom. The first kappa shape index (κ1) is 40.6. The molecule has 4 aromatic carbocycles. The van der Waals surface area contributed by atoms with Crippen molar-refractivity contribution in [2.45, 2.75) is 118 Å². The van der Waals surface area contributed by atoms with E-state index in [1.54, 1.807) is 0 Å². The zero-order valence-electron chi connectivity index (χ0n) is 31.4. The minimum absolute atomic E-state index is 0.0537. The second-order valence-electron chi connectivity index (χ2n) is 13.9. The van der Waals surface area contributed by atoms with Gasteiger partial charge in [0.05, 0.1) is 0 Å². The number of aryl methyl sites for hydroxylation is 1. The van der Waals surface area contributed by atoms with Gasteiger partial charge in [-0.05, 0) is 75.4 Å². The van der Waals surface area contributed by atoms with Gasteiger partial charge in [0.1, 0.15) is 0 Å². The van der Waals surface area contributed by atoms with Crippen LogP contribution in [-0.4, -0.2) is 6.38 Å². The van der Waals surface area contributed by atoms with Crippen LogP contribution in [0.5, 0.6) is 0 Å². The first-order chi connectivity index (χ1) is 23.1. The lowest BCUT2D eigenvalue weighted by atomic mass is 9.77. The lowest BCUT2D eigenvalue weighted by molar-refractivity contribution is 0.536. The largest absolute Gasteiger partial charge is 0.130 e. The van der Waals surface area contributed by atoms with E-state index in [1.165, 1.54) is 87.9 Å². The van der Waals surface area contributed by atoms with Gasteiger partial charge in [-0.15, -0.1) is 23.9 Å². The number of terminal acetylenes is 1. The van der Waals surface area contributed by atoms with Gasteiger partial charge in [-0.3, -0.25) is 0 Å². The Kier molecular flexibility index (Phi) is 17.6. The fourth-order valence-corrected chi connectivity index (χ4v) is 6.75. The van der Waals surface area contributed by atoms with E-state index in [-0.39, 0.29) is 10.8 Å². The molecule has 4 aromatic rings. The fourth-order valence-electron chi connectivity index (χ4n) is 6.75. The van der Waals surface area contributed by atoms with Crippen LogP contribution < -0.4 is 0 Å². The Bertz CT molecular complexity index is 1680. The van der Waals surface area contributed by atoms with Crippen molar-refractivity contribution in [3.63, 3.8) is 0 Å². The summed E-state index contributed by atoms with van der Waals surface area (Å²) in [5.74, 6) is 2.57. The summed E-state index contributed by atoms with van der Waals surface area (Å²) in [6, 6.07) is 26.6. The van der Waals surface area contributed by atoms with Crippen molar-refractivity contribution in [2.75, 3.05) is 6.38 Å². The van der Waals surface area contributed by atoms with Crippen molar-refractivity contribution in [1.82, 2.24) is 0 Å². The molecule has 0 amide bonds. The third kappa shape index (κ3) is 11.0. The monoisotopic (exact) mass is 660 g/mol. The van der Waals surface area contributed by atoms with Crippen LogP contribution in [-0.2, 0) is 17.3 Å². The second-order valence-corrected chi connectivity index (χ2v) is 13.9. The van der Waals surface area contributed by atoms with Crippen molar-refractivity contribution in [1.29, 1.82) is 0 Å². The highest BCUT2D eigenvalue weighted by molar-refractivity contribution is 6.15. The highest BCUT2D eigenvalue weighted by Crippen LogP contribution is 2.46. The number of allylic oxidation sites excluding steroid dienone is 6. The number of hydrogen-bond acceptors (Lipinski definition) is 0. The molecule has 48 heavy (non-hydrogen) atoms. The van der Waals surface area contributed by atoms with Crippen molar-refractivity contribution in [3.05, 3.63) is 131 Å². The summed E-state index contributed by atoms with van der Waals surface area (Å²) in [6.45, 7) is 18.3. The molecule has 0 nitrogen and oxygen atoms in total. The number of alkyl halides is 1. The van der Waals surface area contributed by atoms with Crippen LogP contribution in [0.15, 0.2) is 109 Å². The predicted molar refractivity (Wildman–Crippen MR) is 219 cm³/mol. The molecular weight excluding hydrogens is 600 g/mol. The van der Waals surface area contributed by atoms with Gasteiger partial charge in [0.2, 0.25) is 0 Å². The molecule has 1 aliphatic rings. The van der Waals surface area contributed by atoms with Crippen LogP contribution in [0.2, 0.25) is 0 Å². The molecule has 0 radical (unpaired) electrons. The van der Waals surface area contributed by atoms with E-state index >= 15 is 0 Å². The average molecular weight is 661 g/mol. The number of halogens is 1. The summed E-state index contributed by atoms with van der Waals surface area (Å²) in [6.07, 6.45) is 27.2. The van der Waals surface area contributed by atoms with E-state index in [4.69, 9.17) is 6.42 Å². The topological polar surface area (TPSA) is 0 Å². The number of benzene rings is 4. The van der Waals surface area contributed by atoms with E-state index in [2.05, 4.69) is 176 Å². The summed E-state index contributed by atoms with van der Waals surface area (Å²) in [7, 11) is 0. The first-order valence-corrected chi connectivity index (χ1v) is 18.7. The molecular formula is C47H61Cl. The van der Waals surface area contributed by atoms with Gasteiger partial charge in [-0.2, -0.15) is 0 Å². The van der Waals surface area contributed by atoms with Gasteiger partial charge in [0, 0.05) is 18.2 Å². The number of fused-ring (bicyclic) bond motifs is 4. The summed E-state index contributed by atoms with van der Waals surface area (Å²) >= 11 is 4.64. The molecule has 0 unspecified atom stereocenters. The van der Waals surface area contributed by atoms with Gasteiger partial charge in [-0.1, -0.05) is 183 Å². The fraction of sp³-hybridized carbons (Fsp3) is 0.404. The predicted octanol–water partition coefficient (Wildman–Crippen LogP) is 14.4. The Balaban J connectivity index is 0.000000528. The first-order valence-electron chi connectivity index (χ1n) is 18.0. The quantitative estimate of drug-likeness (QED) is 0.0725. The van der Waals surface area contributed by atoms with Crippen LogP contribution in [0.4, 0.5) is 0 Å². The summed E-state index contributed by atoms with van der Waals surface area (Å²) < 4.78 is 0. The van der Waals surface area contributed by atoms with E-state index in [0.717, 1.165) is 19.3 Å². The van der Waals surface area contributed by atoms with Crippen molar-refractivity contribution in [3.8, 4) is 12.3 Å². The minimum atomic E-state index is 0.0537. The Morgan fingerprint density at radius 2 is 1.35 bits per heavy atom. The summed E-state index contributed by atoms with van der Waals surface area (Å²) in [5, 5.41) is 5.43. The lowest BCUT2D eigenvalue weighted by Crippen LogP contribution is -2.18. The SMILES string of the molecule is C#CCCCC.CCCCC.CCl.Cc1ccc2ccccc2c1C(C)(C)C/C=C/C=C/C=C1\Cc2ccc3ccccc3c2C1(C)C. The molecule has 256 valence electrons. The van der Waals surface area contributed by atoms with E-state index in [9.17, 15) is 0 Å². The van der Waals surface area contributed by atoms with Crippen LogP contribution in [0.25, 0.3) is 21.5 Å². The Hall–Kier alpha value is -3.53.